The van der Waals surface area contributed by atoms with Crippen molar-refractivity contribution in [3.05, 3.63) is 95.6 Å². The molecule has 1 heterocycles. The van der Waals surface area contributed by atoms with Gasteiger partial charge in [-0.1, -0.05) is 80.6 Å². The van der Waals surface area contributed by atoms with E-state index in [9.17, 15) is 19.2 Å². The Labute approximate surface area is 287 Å². The van der Waals surface area contributed by atoms with Gasteiger partial charge in [-0.05, 0) is 78.6 Å². The lowest BCUT2D eigenvalue weighted by molar-refractivity contribution is -0.131. The van der Waals surface area contributed by atoms with Crippen LogP contribution in [0.2, 0.25) is 0 Å². The Morgan fingerprint density at radius 3 is 2.24 bits per heavy atom. The second-order valence-electron chi connectivity index (χ2n) is 13.6. The molecule has 254 valence electrons. The molecule has 6 rings (SSSR count). The number of benzene rings is 3. The molecule has 49 heavy (non-hydrogen) atoms. The zero-order valence-electron chi connectivity index (χ0n) is 28.2. The van der Waals surface area contributed by atoms with E-state index in [1.165, 1.54) is 30.9 Å². The van der Waals surface area contributed by atoms with E-state index < -0.39 is 11.5 Å². The minimum atomic E-state index is -1.07. The molecule has 4 aromatic rings. The van der Waals surface area contributed by atoms with E-state index in [0.717, 1.165) is 53.9 Å². The molecule has 3 aromatic carbocycles. The molecule has 3 N–H and O–H groups in total. The number of amides is 3. The Balaban J connectivity index is 1.35. The first-order valence-electron chi connectivity index (χ1n) is 17.2. The maximum atomic E-state index is 14.1. The van der Waals surface area contributed by atoms with Crippen molar-refractivity contribution in [3.63, 3.8) is 0 Å². The first-order valence-corrected chi connectivity index (χ1v) is 17.2. The van der Waals surface area contributed by atoms with Crippen LogP contribution in [-0.4, -0.2) is 57.9 Å². The molecule has 9 nitrogen and oxygen atoms in total. The van der Waals surface area contributed by atoms with Gasteiger partial charge in [0.05, 0.1) is 11.2 Å². The maximum absolute atomic E-state index is 14.1. The highest BCUT2D eigenvalue weighted by Crippen LogP contribution is 2.44. The van der Waals surface area contributed by atoms with E-state index in [1.54, 1.807) is 43.3 Å². The standard InChI is InChI=1S/C40H44N4O5/c1-43(2)34(45)26-44-33-25-30(18-21-32(33)36(28-11-5-3-6-12-28)37(44)29-13-7-4-8-14-29)38(48)42-40(23-9-10-24-40)39(49)41-31-19-15-27(16-20-31)17-22-35(46)47/h4,7-8,13-22,25,28H,3,5-6,9-12,23-24,26H2,1-2H3,(H,41,49)(H,42,48)(H,46,47)/b22-17+. The summed E-state index contributed by atoms with van der Waals surface area (Å²) < 4.78 is 2.08. The summed E-state index contributed by atoms with van der Waals surface area (Å²) in [6.07, 6.45) is 10.9. The van der Waals surface area contributed by atoms with Crippen molar-refractivity contribution in [2.24, 2.45) is 0 Å². The fraction of sp³-hybridized carbons (Fsp3) is 0.350. The molecule has 1 aromatic heterocycles. The third-order valence-corrected chi connectivity index (χ3v) is 10.1. The van der Waals surface area contributed by atoms with Gasteiger partial charge in [0.25, 0.3) is 5.91 Å². The van der Waals surface area contributed by atoms with Gasteiger partial charge in [0, 0.05) is 36.8 Å². The first kappa shape index (κ1) is 33.7. The molecule has 9 heteroatoms. The van der Waals surface area contributed by atoms with Crippen molar-refractivity contribution in [2.75, 3.05) is 19.4 Å². The van der Waals surface area contributed by atoms with Crippen LogP contribution in [0, 0.1) is 0 Å². The van der Waals surface area contributed by atoms with Gasteiger partial charge in [0.1, 0.15) is 12.1 Å². The highest BCUT2D eigenvalue weighted by Gasteiger charge is 2.43. The number of carbonyl (C=O) groups excluding carboxylic acids is 3. The molecule has 0 unspecified atom stereocenters. The Morgan fingerprint density at radius 2 is 1.59 bits per heavy atom. The van der Waals surface area contributed by atoms with Crippen molar-refractivity contribution in [3.8, 4) is 11.3 Å². The number of carboxylic acid groups (broad SMARTS) is 1. The predicted octanol–water partition coefficient (Wildman–Crippen LogP) is 7.22. The SMILES string of the molecule is CN(C)C(=O)Cn1c(-c2ccccc2)c(C2CCCCC2)c2ccc(C(=O)NC3(C(=O)Nc4ccc(/C=C/C(=O)O)cc4)CCCC3)cc21. The summed E-state index contributed by atoms with van der Waals surface area (Å²) in [5.41, 5.74) is 4.78. The van der Waals surface area contributed by atoms with E-state index in [4.69, 9.17) is 5.11 Å². The number of nitrogens with zero attached hydrogens (tertiary/aromatic N) is 2. The maximum Gasteiger partial charge on any atom is 0.328 e. The van der Waals surface area contributed by atoms with E-state index in [1.807, 2.05) is 36.4 Å². The first-order chi connectivity index (χ1) is 23.6. The van der Waals surface area contributed by atoms with Crippen molar-refractivity contribution >= 4 is 46.4 Å². The number of aliphatic carboxylic acids is 1. The molecule has 0 radical (unpaired) electrons. The Bertz CT molecular complexity index is 1880. The zero-order chi connectivity index (χ0) is 34.5. The number of hydrogen-bond acceptors (Lipinski definition) is 4. The van der Waals surface area contributed by atoms with Crippen LogP contribution in [0.4, 0.5) is 5.69 Å². The molecular formula is C40H44N4O5. The van der Waals surface area contributed by atoms with Gasteiger partial charge in [-0.15, -0.1) is 0 Å². The zero-order valence-corrected chi connectivity index (χ0v) is 28.2. The number of fused-ring (bicyclic) bond motifs is 1. The van der Waals surface area contributed by atoms with E-state index in [0.29, 0.717) is 35.6 Å². The molecule has 2 fully saturated rings. The Morgan fingerprint density at radius 1 is 0.898 bits per heavy atom. The predicted molar refractivity (Wildman–Crippen MR) is 192 cm³/mol. The molecular weight excluding hydrogens is 616 g/mol. The summed E-state index contributed by atoms with van der Waals surface area (Å²) in [6, 6.07) is 22.9. The summed E-state index contributed by atoms with van der Waals surface area (Å²) in [6.45, 7) is 0.142. The molecule has 0 atom stereocenters. The third kappa shape index (κ3) is 7.31. The minimum Gasteiger partial charge on any atom is -0.478 e. The molecule has 3 amide bonds. The summed E-state index contributed by atoms with van der Waals surface area (Å²) in [5.74, 6) is -1.33. The van der Waals surface area contributed by atoms with Crippen LogP contribution in [0.1, 0.15) is 85.2 Å². The lowest BCUT2D eigenvalue weighted by Crippen LogP contribution is -2.55. The van der Waals surface area contributed by atoms with Crippen LogP contribution in [0.25, 0.3) is 28.2 Å². The minimum absolute atomic E-state index is 0.0355. The number of likely N-dealkylation sites (N-methyl/N-ethyl adjacent to an activating group) is 1. The van der Waals surface area contributed by atoms with Gasteiger partial charge >= 0.3 is 5.97 Å². The molecule has 0 saturated heterocycles. The largest absolute Gasteiger partial charge is 0.478 e. The summed E-state index contributed by atoms with van der Waals surface area (Å²) >= 11 is 0. The van der Waals surface area contributed by atoms with Crippen LogP contribution in [0.15, 0.2) is 78.9 Å². The highest BCUT2D eigenvalue weighted by atomic mass is 16.4. The van der Waals surface area contributed by atoms with Crippen LogP contribution in [0.5, 0.6) is 0 Å². The average Bonchev–Trinajstić information content (AvgIpc) is 3.71. The molecule has 2 saturated carbocycles. The van der Waals surface area contributed by atoms with Gasteiger partial charge in [-0.2, -0.15) is 0 Å². The fourth-order valence-corrected chi connectivity index (χ4v) is 7.44. The molecule has 0 aliphatic heterocycles. The van der Waals surface area contributed by atoms with Crippen LogP contribution < -0.4 is 10.6 Å². The monoisotopic (exact) mass is 660 g/mol. The molecule has 0 spiro atoms. The van der Waals surface area contributed by atoms with Crippen LogP contribution in [-0.2, 0) is 20.9 Å². The second kappa shape index (κ2) is 14.5. The summed E-state index contributed by atoms with van der Waals surface area (Å²) in [4.78, 5) is 53.5. The van der Waals surface area contributed by atoms with Crippen molar-refractivity contribution in [2.45, 2.75) is 75.8 Å². The normalized spacial score (nSPS) is 16.1. The van der Waals surface area contributed by atoms with E-state index >= 15 is 0 Å². The third-order valence-electron chi connectivity index (χ3n) is 10.1. The number of hydrogen-bond donors (Lipinski definition) is 3. The van der Waals surface area contributed by atoms with Gasteiger partial charge < -0.3 is 25.2 Å². The average molecular weight is 661 g/mol. The molecule has 0 bridgehead atoms. The number of nitrogens with one attached hydrogen (secondary N) is 2. The summed E-state index contributed by atoms with van der Waals surface area (Å²) in [7, 11) is 3.52. The Hall–Kier alpha value is -5.18. The number of aromatic nitrogens is 1. The van der Waals surface area contributed by atoms with Gasteiger partial charge in [0.15, 0.2) is 0 Å². The van der Waals surface area contributed by atoms with Gasteiger partial charge in [0.2, 0.25) is 11.8 Å². The van der Waals surface area contributed by atoms with Crippen molar-refractivity contribution < 1.29 is 24.3 Å². The highest BCUT2D eigenvalue weighted by molar-refractivity contribution is 6.06. The van der Waals surface area contributed by atoms with Crippen molar-refractivity contribution in [1.29, 1.82) is 0 Å². The Kier molecular flexibility index (Phi) is 9.99. The van der Waals surface area contributed by atoms with Gasteiger partial charge in [-0.3, -0.25) is 14.4 Å². The smallest absolute Gasteiger partial charge is 0.328 e. The number of carbonyl (C=O) groups is 4. The second-order valence-corrected chi connectivity index (χ2v) is 13.6. The number of carboxylic acids is 1. The fourth-order valence-electron chi connectivity index (χ4n) is 7.44. The lowest BCUT2D eigenvalue weighted by atomic mass is 9.81. The number of rotatable bonds is 10. The van der Waals surface area contributed by atoms with E-state index in [-0.39, 0.29) is 24.3 Å². The summed E-state index contributed by atoms with van der Waals surface area (Å²) in [5, 5.41) is 16.0. The topological polar surface area (TPSA) is 121 Å². The lowest BCUT2D eigenvalue weighted by Gasteiger charge is -2.29. The number of anilines is 1. The molecule has 2 aliphatic carbocycles. The quantitative estimate of drug-likeness (QED) is 0.155. The molecule has 2 aliphatic rings. The van der Waals surface area contributed by atoms with Crippen molar-refractivity contribution in [1.82, 2.24) is 14.8 Å². The van der Waals surface area contributed by atoms with Gasteiger partial charge in [-0.25, -0.2) is 4.79 Å². The van der Waals surface area contributed by atoms with Crippen LogP contribution in [0.3, 0.4) is 0 Å². The van der Waals surface area contributed by atoms with Crippen LogP contribution >= 0.6 is 0 Å². The van der Waals surface area contributed by atoms with E-state index in [2.05, 4.69) is 27.3 Å².